The maximum atomic E-state index is 13.9. The first-order valence-corrected chi connectivity index (χ1v) is 26.1. The van der Waals surface area contributed by atoms with Crippen LogP contribution in [0, 0.1) is 20.8 Å². The zero-order valence-corrected chi connectivity index (χ0v) is 40.9. The second-order valence-electron chi connectivity index (χ2n) is 16.2. The third-order valence-corrected chi connectivity index (χ3v) is 16.5. The molecule has 0 aliphatic carbocycles. The van der Waals surface area contributed by atoms with E-state index >= 15 is 0 Å². The van der Waals surface area contributed by atoms with Crippen LogP contribution in [0.4, 0.5) is 0 Å². The SMILES string of the molecule is CCCCCCOc1cc(C)c(S(=O)(=O)C(=[N+]=[N-])S(=O)(=O)c2cc(C(C)C)c(OCCCCCC)cc2C)cc1C(C)C.Cc1ccc(S(=O)(=O)C(=[N+]=[N-])C(=O)c2ccccc2)cc1. The molecule has 0 spiro atoms. The number of rotatable bonds is 19. The Hall–Kier alpha value is -5.24. The first kappa shape index (κ1) is 53.1. The summed E-state index contributed by atoms with van der Waals surface area (Å²) in [6, 6.07) is 19.9. The number of hydrogen-bond donors (Lipinski definition) is 0. The molecule has 0 heterocycles. The molecule has 0 saturated carbocycles. The van der Waals surface area contributed by atoms with E-state index in [1.54, 1.807) is 56.3 Å². The minimum absolute atomic E-state index is 0.0924. The number of ketones is 1. The van der Waals surface area contributed by atoms with Gasteiger partial charge in [-0.05, 0) is 104 Å². The minimum atomic E-state index is -4.75. The summed E-state index contributed by atoms with van der Waals surface area (Å²) in [7, 11) is -13.7. The number of benzene rings is 4. The van der Waals surface area contributed by atoms with Crippen molar-refractivity contribution in [2.75, 3.05) is 13.2 Å². The number of hydrogen-bond acceptors (Lipinski definition) is 9. The van der Waals surface area contributed by atoms with Gasteiger partial charge in [-0.25, -0.2) is 25.3 Å². The van der Waals surface area contributed by atoms with Gasteiger partial charge in [0.25, 0.3) is 35.3 Å². The average molecular weight is 935 g/mol. The Balaban J connectivity index is 0.000000430. The van der Waals surface area contributed by atoms with Crippen molar-refractivity contribution in [2.45, 2.75) is 140 Å². The lowest BCUT2D eigenvalue weighted by molar-refractivity contribution is -0.00159. The van der Waals surface area contributed by atoms with Gasteiger partial charge >= 0.3 is 9.42 Å². The number of aryl methyl sites for hydroxylation is 3. The Labute approximate surface area is 380 Å². The molecule has 0 N–H and O–H groups in total. The van der Waals surface area contributed by atoms with Gasteiger partial charge in [0.2, 0.25) is 0 Å². The summed E-state index contributed by atoms with van der Waals surface area (Å²) >= 11 is 0. The molecular weight excluding hydrogens is 873 g/mol. The predicted molar refractivity (Wildman–Crippen MR) is 251 cm³/mol. The van der Waals surface area contributed by atoms with Crippen molar-refractivity contribution in [1.29, 1.82) is 0 Å². The van der Waals surface area contributed by atoms with Crippen LogP contribution in [0.3, 0.4) is 0 Å². The fourth-order valence-electron chi connectivity index (χ4n) is 6.71. The van der Waals surface area contributed by atoms with Gasteiger partial charge in [0.15, 0.2) is 0 Å². The van der Waals surface area contributed by atoms with Crippen LogP contribution in [0.2, 0.25) is 0 Å². The number of sulfone groups is 3. The summed E-state index contributed by atoms with van der Waals surface area (Å²) in [5.74, 6) is 0.0824. The van der Waals surface area contributed by atoms with Crippen molar-refractivity contribution in [3.63, 3.8) is 0 Å². The molecule has 0 radical (unpaired) electrons. The molecule has 0 aliphatic rings. The number of carbonyl (C=O) groups is 1. The van der Waals surface area contributed by atoms with Crippen molar-refractivity contribution < 1.29 is 49.1 Å². The lowest BCUT2D eigenvalue weighted by atomic mass is 10.0. The molecule has 0 aromatic heterocycles. The molecule has 4 rings (SSSR count). The van der Waals surface area contributed by atoms with Crippen molar-refractivity contribution in [3.05, 3.63) is 123 Å². The third-order valence-electron chi connectivity index (χ3n) is 10.4. The van der Waals surface area contributed by atoms with E-state index in [1.807, 2.05) is 34.6 Å². The number of unbranched alkanes of at least 4 members (excludes halogenated alkanes) is 6. The van der Waals surface area contributed by atoms with E-state index in [0.717, 1.165) is 56.9 Å². The lowest BCUT2D eigenvalue weighted by Crippen LogP contribution is -2.28. The molecule has 0 aliphatic heterocycles. The second-order valence-corrected chi connectivity index (χ2v) is 22.0. The van der Waals surface area contributed by atoms with Gasteiger partial charge in [-0.3, -0.25) is 4.79 Å². The normalized spacial score (nSPS) is 11.6. The van der Waals surface area contributed by atoms with Gasteiger partial charge < -0.3 is 20.5 Å². The molecule has 0 fully saturated rings. The smallest absolute Gasteiger partial charge is 0.493 e. The van der Waals surface area contributed by atoms with Crippen LogP contribution >= 0.6 is 0 Å². The van der Waals surface area contributed by atoms with E-state index < -0.39 is 44.7 Å². The van der Waals surface area contributed by atoms with E-state index in [4.69, 9.17) is 15.0 Å². The molecule has 4 aromatic rings. The number of ether oxygens (including phenoxy) is 2. The van der Waals surface area contributed by atoms with Gasteiger partial charge in [-0.2, -0.15) is 0 Å². The molecular formula is C48H62N4O9S3. The number of nitrogens with zero attached hydrogens (tertiary/aromatic N) is 4. The third kappa shape index (κ3) is 13.4. The highest BCUT2D eigenvalue weighted by molar-refractivity contribution is 8.31. The van der Waals surface area contributed by atoms with E-state index in [2.05, 4.69) is 23.4 Å². The molecule has 0 amide bonds. The summed E-state index contributed by atoms with van der Waals surface area (Å²) in [6.45, 7) is 17.9. The van der Waals surface area contributed by atoms with Crippen LogP contribution in [0.25, 0.3) is 11.1 Å². The molecule has 64 heavy (non-hydrogen) atoms. The Kier molecular flexibility index (Phi) is 20.0. The molecule has 13 nitrogen and oxygen atoms in total. The highest BCUT2D eigenvalue weighted by atomic mass is 32.3. The highest BCUT2D eigenvalue weighted by Crippen LogP contribution is 2.36. The largest absolute Gasteiger partial charge is 0.504 e. The Morgan fingerprint density at radius 3 is 1.39 bits per heavy atom. The summed E-state index contributed by atoms with van der Waals surface area (Å²) in [4.78, 5) is 17.2. The first-order chi connectivity index (χ1) is 30.2. The summed E-state index contributed by atoms with van der Waals surface area (Å²) in [5.41, 5.74) is 21.8. The van der Waals surface area contributed by atoms with E-state index in [9.17, 15) is 35.6 Å². The quantitative estimate of drug-likeness (QED) is 0.0218. The molecule has 0 atom stereocenters. The molecule has 0 bridgehead atoms. The maximum Gasteiger partial charge on any atom is 0.504 e. The van der Waals surface area contributed by atoms with Crippen molar-refractivity contribution in [3.8, 4) is 11.5 Å². The van der Waals surface area contributed by atoms with Crippen LogP contribution in [0.5, 0.6) is 11.5 Å². The lowest BCUT2D eigenvalue weighted by Gasteiger charge is -2.18. The number of Topliss-reactive ketones (excluding diaryl/α,β-unsaturated/α-hetero) is 1. The molecule has 346 valence electrons. The van der Waals surface area contributed by atoms with E-state index in [1.165, 1.54) is 36.4 Å². The monoisotopic (exact) mass is 934 g/mol. The average Bonchev–Trinajstić information content (AvgIpc) is 3.24. The van der Waals surface area contributed by atoms with Crippen LogP contribution in [-0.2, 0) is 29.5 Å². The predicted octanol–water partition coefficient (Wildman–Crippen LogP) is 10.6. The van der Waals surface area contributed by atoms with Crippen LogP contribution < -0.4 is 9.47 Å². The summed E-state index contributed by atoms with van der Waals surface area (Å²) < 4.78 is 91.1. The zero-order chi connectivity index (χ0) is 47.8. The molecule has 0 unspecified atom stereocenters. The van der Waals surface area contributed by atoms with Crippen LogP contribution in [0.1, 0.15) is 143 Å². The fourth-order valence-corrected chi connectivity index (χ4v) is 11.7. The minimum Gasteiger partial charge on any atom is -0.493 e. The fraction of sp³-hybridized carbons (Fsp3) is 0.438. The maximum absolute atomic E-state index is 13.9. The van der Waals surface area contributed by atoms with Crippen molar-refractivity contribution >= 4 is 44.7 Å². The van der Waals surface area contributed by atoms with E-state index in [0.29, 0.717) is 47.0 Å². The number of carbonyl (C=O) groups excluding carboxylic acids is 1. The first-order valence-electron chi connectivity index (χ1n) is 21.6. The van der Waals surface area contributed by atoms with Gasteiger partial charge in [0.1, 0.15) is 11.5 Å². The Bertz CT molecular complexity index is 2580. The summed E-state index contributed by atoms with van der Waals surface area (Å²) in [6.07, 6.45) is 8.28. The second kappa shape index (κ2) is 24.2. The Morgan fingerprint density at radius 1 is 0.578 bits per heavy atom. The Morgan fingerprint density at radius 2 is 1.02 bits per heavy atom. The zero-order valence-electron chi connectivity index (χ0n) is 38.4. The molecule has 16 heteroatoms. The highest BCUT2D eigenvalue weighted by Gasteiger charge is 2.46. The topological polar surface area (TPSA) is 211 Å². The van der Waals surface area contributed by atoms with Crippen molar-refractivity contribution in [1.82, 2.24) is 0 Å². The summed E-state index contributed by atoms with van der Waals surface area (Å²) in [5, 5.41) is -0.891. The molecule has 0 saturated heterocycles. The van der Waals surface area contributed by atoms with Gasteiger partial charge in [-0.1, -0.05) is 128 Å². The molecule has 4 aromatic carbocycles. The van der Waals surface area contributed by atoms with Gasteiger partial charge in [0.05, 0.1) is 27.9 Å². The standard InChI is InChI=1S/C33H50N2O6S2.C15H12N2O3S/c1-9-11-13-15-17-40-29-19-25(7)31(21-27(29)23(3)4)42(36,37)33(35-34)43(38,39)32-22-28(24(5)6)30(20-26(32)8)41-18-16-14-12-10-2;1-11-7-9-13(10-8-11)21(19,20)15(17-16)14(18)12-5-3-2-4-6-12/h19-24H,9-18H2,1-8H3;2-10H,1H3. The van der Waals surface area contributed by atoms with Crippen LogP contribution in [0.15, 0.2) is 93.5 Å². The van der Waals surface area contributed by atoms with Crippen molar-refractivity contribution in [2.24, 2.45) is 0 Å². The van der Waals surface area contributed by atoms with Gasteiger partial charge in [-0.15, -0.1) is 9.58 Å². The van der Waals surface area contributed by atoms with Gasteiger partial charge in [0, 0.05) is 5.56 Å². The van der Waals surface area contributed by atoms with E-state index in [-0.39, 0.29) is 32.1 Å². The van der Waals surface area contributed by atoms with Crippen LogP contribution in [-0.4, -0.2) is 63.2 Å².